The molecule has 0 spiro atoms. The van der Waals surface area contributed by atoms with Crippen LogP contribution in [0.3, 0.4) is 0 Å². The van der Waals surface area contributed by atoms with E-state index in [1.165, 1.54) is 5.56 Å². The number of aryl methyl sites for hydroxylation is 2. The SMILES string of the molecule is Cc1ccc(C(NN)c2ncc(C)cn2)cc1. The average Bonchev–Trinajstić information content (AvgIpc) is 2.35. The van der Waals surface area contributed by atoms with Crippen molar-refractivity contribution in [1.29, 1.82) is 0 Å². The highest BCUT2D eigenvalue weighted by Crippen LogP contribution is 2.18. The number of rotatable bonds is 3. The molecule has 17 heavy (non-hydrogen) atoms. The van der Waals surface area contributed by atoms with Crippen LogP contribution in [0.15, 0.2) is 36.7 Å². The van der Waals surface area contributed by atoms with Gasteiger partial charge in [0, 0.05) is 12.4 Å². The molecule has 2 rings (SSSR count). The van der Waals surface area contributed by atoms with Crippen LogP contribution in [0, 0.1) is 13.8 Å². The fourth-order valence-electron chi connectivity index (χ4n) is 1.63. The van der Waals surface area contributed by atoms with Crippen molar-refractivity contribution in [3.05, 3.63) is 59.2 Å². The molecule has 0 aliphatic heterocycles. The van der Waals surface area contributed by atoms with Gasteiger partial charge in [-0.2, -0.15) is 0 Å². The maximum absolute atomic E-state index is 5.58. The van der Waals surface area contributed by atoms with Crippen molar-refractivity contribution < 1.29 is 0 Å². The van der Waals surface area contributed by atoms with Crippen LogP contribution in [0.25, 0.3) is 0 Å². The van der Waals surface area contributed by atoms with Crippen molar-refractivity contribution in [1.82, 2.24) is 15.4 Å². The number of hydrogen-bond acceptors (Lipinski definition) is 4. The van der Waals surface area contributed by atoms with E-state index in [1.807, 2.05) is 31.2 Å². The van der Waals surface area contributed by atoms with E-state index in [0.29, 0.717) is 5.82 Å². The molecule has 1 aromatic heterocycles. The molecule has 1 unspecified atom stereocenters. The van der Waals surface area contributed by atoms with E-state index < -0.39 is 0 Å². The minimum atomic E-state index is -0.170. The van der Waals surface area contributed by atoms with E-state index >= 15 is 0 Å². The van der Waals surface area contributed by atoms with Crippen molar-refractivity contribution in [3.63, 3.8) is 0 Å². The van der Waals surface area contributed by atoms with Gasteiger partial charge in [0.2, 0.25) is 0 Å². The van der Waals surface area contributed by atoms with E-state index in [4.69, 9.17) is 5.84 Å². The topological polar surface area (TPSA) is 63.8 Å². The molecular weight excluding hydrogens is 212 g/mol. The molecule has 4 nitrogen and oxygen atoms in total. The summed E-state index contributed by atoms with van der Waals surface area (Å²) in [6.07, 6.45) is 3.59. The number of aromatic nitrogens is 2. The van der Waals surface area contributed by atoms with Crippen LogP contribution in [0.1, 0.15) is 28.6 Å². The third kappa shape index (κ3) is 2.67. The van der Waals surface area contributed by atoms with Crippen molar-refractivity contribution in [2.24, 2.45) is 5.84 Å². The fraction of sp³-hybridized carbons (Fsp3) is 0.231. The van der Waals surface area contributed by atoms with Gasteiger partial charge in [0.15, 0.2) is 5.82 Å². The van der Waals surface area contributed by atoms with Crippen LogP contribution in [0.5, 0.6) is 0 Å². The Morgan fingerprint density at radius 3 is 2.12 bits per heavy atom. The van der Waals surface area contributed by atoms with Gasteiger partial charge < -0.3 is 0 Å². The Balaban J connectivity index is 2.33. The molecule has 1 aromatic carbocycles. The lowest BCUT2D eigenvalue weighted by Gasteiger charge is -2.15. The molecule has 0 saturated heterocycles. The molecule has 4 heteroatoms. The summed E-state index contributed by atoms with van der Waals surface area (Å²) in [4.78, 5) is 8.59. The lowest BCUT2D eigenvalue weighted by atomic mass is 10.1. The lowest BCUT2D eigenvalue weighted by molar-refractivity contribution is 0.600. The number of hydrazine groups is 1. The zero-order chi connectivity index (χ0) is 12.3. The lowest BCUT2D eigenvalue weighted by Crippen LogP contribution is -2.30. The van der Waals surface area contributed by atoms with Gasteiger partial charge in [-0.3, -0.25) is 5.84 Å². The molecular formula is C13H16N4. The molecule has 3 N–H and O–H groups in total. The van der Waals surface area contributed by atoms with Gasteiger partial charge in [-0.15, -0.1) is 0 Å². The van der Waals surface area contributed by atoms with Gasteiger partial charge in [-0.05, 0) is 25.0 Å². The highest BCUT2D eigenvalue weighted by Gasteiger charge is 2.14. The summed E-state index contributed by atoms with van der Waals surface area (Å²) < 4.78 is 0. The fourth-order valence-corrected chi connectivity index (χ4v) is 1.63. The number of hydrogen-bond donors (Lipinski definition) is 2. The Morgan fingerprint density at radius 1 is 1.00 bits per heavy atom. The van der Waals surface area contributed by atoms with Crippen LogP contribution in [0.2, 0.25) is 0 Å². The van der Waals surface area contributed by atoms with E-state index in [0.717, 1.165) is 11.1 Å². The van der Waals surface area contributed by atoms with Crippen LogP contribution < -0.4 is 11.3 Å². The summed E-state index contributed by atoms with van der Waals surface area (Å²) in [6.45, 7) is 4.01. The summed E-state index contributed by atoms with van der Waals surface area (Å²) in [6, 6.07) is 7.99. The van der Waals surface area contributed by atoms with Crippen molar-refractivity contribution in [2.45, 2.75) is 19.9 Å². The highest BCUT2D eigenvalue weighted by atomic mass is 15.2. The summed E-state index contributed by atoms with van der Waals surface area (Å²) in [7, 11) is 0. The Bertz CT molecular complexity index is 430. The molecule has 0 aliphatic rings. The first-order valence-corrected chi connectivity index (χ1v) is 5.52. The monoisotopic (exact) mass is 228 g/mol. The third-order valence-electron chi connectivity index (χ3n) is 2.64. The molecule has 0 radical (unpaired) electrons. The van der Waals surface area contributed by atoms with E-state index in [9.17, 15) is 0 Å². The second-order valence-corrected chi connectivity index (χ2v) is 4.13. The van der Waals surface area contributed by atoms with E-state index in [2.05, 4.69) is 22.3 Å². The molecule has 0 fully saturated rings. The normalized spacial score (nSPS) is 12.4. The standard InChI is InChI=1S/C13H16N4/c1-9-3-5-11(6-4-9)12(17-14)13-15-7-10(2)8-16-13/h3-8,12,17H,14H2,1-2H3. The Labute approximate surface area is 101 Å². The van der Waals surface area contributed by atoms with Gasteiger partial charge in [0.05, 0.1) is 0 Å². The quantitative estimate of drug-likeness (QED) is 0.619. The van der Waals surface area contributed by atoms with Gasteiger partial charge in [-0.1, -0.05) is 29.8 Å². The zero-order valence-electron chi connectivity index (χ0n) is 10.0. The van der Waals surface area contributed by atoms with Crippen LogP contribution >= 0.6 is 0 Å². The van der Waals surface area contributed by atoms with Gasteiger partial charge >= 0.3 is 0 Å². The van der Waals surface area contributed by atoms with Crippen molar-refractivity contribution in [3.8, 4) is 0 Å². The van der Waals surface area contributed by atoms with Gasteiger partial charge in [0.25, 0.3) is 0 Å². The third-order valence-corrected chi connectivity index (χ3v) is 2.64. The second kappa shape index (κ2) is 5.03. The zero-order valence-corrected chi connectivity index (χ0v) is 10.0. The summed E-state index contributed by atoms with van der Waals surface area (Å²) >= 11 is 0. The molecule has 0 saturated carbocycles. The first-order chi connectivity index (χ1) is 8.20. The van der Waals surface area contributed by atoms with Gasteiger partial charge in [0.1, 0.15) is 6.04 Å². The molecule has 1 atom stereocenters. The molecule has 0 aliphatic carbocycles. The summed E-state index contributed by atoms with van der Waals surface area (Å²) in [5.74, 6) is 6.27. The van der Waals surface area contributed by atoms with E-state index in [1.54, 1.807) is 12.4 Å². The number of nitrogens with zero attached hydrogens (tertiary/aromatic N) is 2. The maximum atomic E-state index is 5.58. The minimum absolute atomic E-state index is 0.170. The Hall–Kier alpha value is -1.78. The molecule has 0 amide bonds. The largest absolute Gasteiger partial charge is 0.270 e. The first-order valence-electron chi connectivity index (χ1n) is 5.52. The maximum Gasteiger partial charge on any atom is 0.150 e. The Morgan fingerprint density at radius 2 is 1.59 bits per heavy atom. The number of nitrogens with two attached hydrogens (primary N) is 1. The number of nitrogens with one attached hydrogen (secondary N) is 1. The van der Waals surface area contributed by atoms with Crippen LogP contribution in [0.4, 0.5) is 0 Å². The van der Waals surface area contributed by atoms with Crippen LogP contribution in [-0.4, -0.2) is 9.97 Å². The highest BCUT2D eigenvalue weighted by molar-refractivity contribution is 5.28. The molecule has 0 bridgehead atoms. The number of benzene rings is 1. The summed E-state index contributed by atoms with van der Waals surface area (Å²) in [5.41, 5.74) is 6.06. The van der Waals surface area contributed by atoms with Crippen molar-refractivity contribution >= 4 is 0 Å². The minimum Gasteiger partial charge on any atom is -0.270 e. The summed E-state index contributed by atoms with van der Waals surface area (Å²) in [5, 5.41) is 0. The van der Waals surface area contributed by atoms with Crippen molar-refractivity contribution in [2.75, 3.05) is 0 Å². The predicted octanol–water partition coefficient (Wildman–Crippen LogP) is 1.65. The van der Waals surface area contributed by atoms with Crippen LogP contribution in [-0.2, 0) is 0 Å². The average molecular weight is 228 g/mol. The predicted molar refractivity (Wildman–Crippen MR) is 67.1 cm³/mol. The molecule has 88 valence electrons. The Kier molecular flexibility index (Phi) is 3.46. The molecule has 2 aromatic rings. The van der Waals surface area contributed by atoms with Gasteiger partial charge in [-0.25, -0.2) is 15.4 Å². The molecule has 1 heterocycles. The first kappa shape index (κ1) is 11.7. The van der Waals surface area contributed by atoms with E-state index in [-0.39, 0.29) is 6.04 Å². The second-order valence-electron chi connectivity index (χ2n) is 4.13. The smallest absolute Gasteiger partial charge is 0.150 e.